The number of nitrogens with zero attached hydrogens (tertiary/aromatic N) is 1. The van der Waals surface area contributed by atoms with Crippen molar-refractivity contribution in [3.63, 3.8) is 0 Å². The summed E-state index contributed by atoms with van der Waals surface area (Å²) in [7, 11) is 3.94. The van der Waals surface area contributed by atoms with Gasteiger partial charge in [-0.25, -0.2) is 0 Å². The van der Waals surface area contributed by atoms with Gasteiger partial charge in [-0.05, 0) is 46.3 Å². The van der Waals surface area contributed by atoms with Crippen molar-refractivity contribution in [1.29, 1.82) is 0 Å². The number of primary amides is 1. The highest BCUT2D eigenvalue weighted by atomic mass is 16.1. The summed E-state index contributed by atoms with van der Waals surface area (Å²) in [4.78, 5) is 13.8. The molecule has 0 bridgehead atoms. The third-order valence-corrected chi connectivity index (χ3v) is 3.80. The van der Waals surface area contributed by atoms with Crippen LogP contribution in [-0.4, -0.2) is 43.0 Å². The van der Waals surface area contributed by atoms with Crippen molar-refractivity contribution in [2.24, 2.45) is 5.73 Å². The number of carbonyl (C=O) groups excluding carboxylic acids is 1. The van der Waals surface area contributed by atoms with Gasteiger partial charge < -0.3 is 16.0 Å². The lowest BCUT2D eigenvalue weighted by molar-refractivity contribution is -0.126. The van der Waals surface area contributed by atoms with Crippen LogP contribution in [0.3, 0.4) is 0 Å². The first-order chi connectivity index (χ1) is 7.05. The zero-order valence-electron chi connectivity index (χ0n) is 10.0. The van der Waals surface area contributed by atoms with E-state index in [1.54, 1.807) is 0 Å². The fraction of sp³-hybridized carbons (Fsp3) is 0.909. The van der Waals surface area contributed by atoms with E-state index in [-0.39, 0.29) is 5.91 Å². The maximum Gasteiger partial charge on any atom is 0.237 e. The van der Waals surface area contributed by atoms with Crippen LogP contribution in [0.2, 0.25) is 0 Å². The molecule has 0 saturated heterocycles. The summed E-state index contributed by atoms with van der Waals surface area (Å²) in [5, 5.41) is 3.12. The van der Waals surface area contributed by atoms with Crippen molar-refractivity contribution < 1.29 is 4.79 Å². The molecule has 1 aliphatic carbocycles. The SMILES string of the molecule is CCN(C)C1CCCC(NC)(C(N)=O)C1. The molecule has 4 nitrogen and oxygen atoms in total. The summed E-state index contributed by atoms with van der Waals surface area (Å²) in [6, 6.07) is 0.476. The zero-order valence-corrected chi connectivity index (χ0v) is 10.0. The molecule has 0 spiro atoms. The van der Waals surface area contributed by atoms with Crippen LogP contribution in [-0.2, 0) is 4.79 Å². The van der Waals surface area contributed by atoms with Gasteiger partial charge in [0.15, 0.2) is 0 Å². The third kappa shape index (κ3) is 2.49. The predicted molar refractivity (Wildman–Crippen MR) is 61.5 cm³/mol. The van der Waals surface area contributed by atoms with E-state index in [4.69, 9.17) is 5.73 Å². The molecule has 1 rings (SSSR count). The van der Waals surface area contributed by atoms with Gasteiger partial charge >= 0.3 is 0 Å². The molecule has 0 aromatic rings. The van der Waals surface area contributed by atoms with Gasteiger partial charge in [0.25, 0.3) is 0 Å². The smallest absolute Gasteiger partial charge is 0.237 e. The van der Waals surface area contributed by atoms with E-state index in [9.17, 15) is 4.79 Å². The summed E-state index contributed by atoms with van der Waals surface area (Å²) in [5.41, 5.74) is 5.02. The quantitative estimate of drug-likeness (QED) is 0.707. The van der Waals surface area contributed by atoms with Crippen LogP contribution >= 0.6 is 0 Å². The van der Waals surface area contributed by atoms with Crippen molar-refractivity contribution in [1.82, 2.24) is 10.2 Å². The first kappa shape index (κ1) is 12.5. The third-order valence-electron chi connectivity index (χ3n) is 3.80. The largest absolute Gasteiger partial charge is 0.368 e. The molecule has 1 saturated carbocycles. The predicted octanol–water partition coefficient (Wildman–Crippen LogP) is 0.324. The van der Waals surface area contributed by atoms with Crippen LogP contribution in [0, 0.1) is 0 Å². The van der Waals surface area contributed by atoms with E-state index in [1.165, 1.54) is 6.42 Å². The molecule has 2 unspecified atom stereocenters. The van der Waals surface area contributed by atoms with Crippen LogP contribution in [0.25, 0.3) is 0 Å². The summed E-state index contributed by atoms with van der Waals surface area (Å²) in [5.74, 6) is -0.209. The Morgan fingerprint density at radius 3 is 2.80 bits per heavy atom. The Labute approximate surface area is 92.2 Å². The summed E-state index contributed by atoms with van der Waals surface area (Å²) in [6.45, 7) is 3.16. The minimum atomic E-state index is -0.480. The van der Waals surface area contributed by atoms with Crippen LogP contribution < -0.4 is 11.1 Å². The van der Waals surface area contributed by atoms with E-state index in [0.717, 1.165) is 25.8 Å². The summed E-state index contributed by atoms with van der Waals surface area (Å²) >= 11 is 0. The zero-order chi connectivity index (χ0) is 11.5. The Bertz CT molecular complexity index is 232. The van der Waals surface area contributed by atoms with Crippen molar-refractivity contribution in [3.8, 4) is 0 Å². The molecule has 1 fully saturated rings. The Morgan fingerprint density at radius 2 is 2.33 bits per heavy atom. The lowest BCUT2D eigenvalue weighted by Gasteiger charge is -2.41. The van der Waals surface area contributed by atoms with E-state index >= 15 is 0 Å². The fourth-order valence-corrected chi connectivity index (χ4v) is 2.45. The van der Waals surface area contributed by atoms with Gasteiger partial charge in [-0.2, -0.15) is 0 Å². The van der Waals surface area contributed by atoms with Gasteiger partial charge in [-0.3, -0.25) is 4.79 Å². The minimum Gasteiger partial charge on any atom is -0.368 e. The number of likely N-dealkylation sites (N-methyl/N-ethyl adjacent to an activating group) is 1. The number of nitrogens with two attached hydrogens (primary N) is 1. The molecule has 0 aromatic carbocycles. The fourth-order valence-electron chi connectivity index (χ4n) is 2.45. The van der Waals surface area contributed by atoms with Gasteiger partial charge in [0.05, 0.1) is 5.54 Å². The van der Waals surface area contributed by atoms with Crippen LogP contribution in [0.15, 0.2) is 0 Å². The Balaban J connectivity index is 2.72. The second-order valence-corrected chi connectivity index (χ2v) is 4.52. The van der Waals surface area contributed by atoms with Crippen molar-refractivity contribution in [2.75, 3.05) is 20.6 Å². The van der Waals surface area contributed by atoms with Crippen molar-refractivity contribution in [3.05, 3.63) is 0 Å². The minimum absolute atomic E-state index is 0.209. The highest BCUT2D eigenvalue weighted by molar-refractivity contribution is 5.84. The van der Waals surface area contributed by atoms with Crippen LogP contribution in [0.4, 0.5) is 0 Å². The highest BCUT2D eigenvalue weighted by Gasteiger charge is 2.40. The number of hydrogen-bond acceptors (Lipinski definition) is 3. The second kappa shape index (κ2) is 4.94. The van der Waals surface area contributed by atoms with Gasteiger partial charge in [0.2, 0.25) is 5.91 Å². The van der Waals surface area contributed by atoms with Crippen molar-refractivity contribution >= 4 is 5.91 Å². The topological polar surface area (TPSA) is 58.4 Å². The maximum absolute atomic E-state index is 11.5. The first-order valence-corrected chi connectivity index (χ1v) is 5.75. The number of amides is 1. The summed E-state index contributed by atoms with van der Waals surface area (Å²) < 4.78 is 0. The molecular formula is C11H23N3O. The molecule has 0 heterocycles. The molecule has 0 aromatic heterocycles. The van der Waals surface area contributed by atoms with Gasteiger partial charge in [-0.1, -0.05) is 6.92 Å². The molecule has 1 aliphatic rings. The Kier molecular flexibility index (Phi) is 4.11. The maximum atomic E-state index is 11.5. The summed E-state index contributed by atoms with van der Waals surface area (Å²) in [6.07, 6.45) is 3.94. The first-order valence-electron chi connectivity index (χ1n) is 5.75. The molecule has 0 radical (unpaired) electrons. The molecule has 0 aliphatic heterocycles. The molecule has 15 heavy (non-hydrogen) atoms. The second-order valence-electron chi connectivity index (χ2n) is 4.52. The average molecular weight is 213 g/mol. The van der Waals surface area contributed by atoms with Crippen molar-refractivity contribution in [2.45, 2.75) is 44.2 Å². The van der Waals surface area contributed by atoms with Crippen LogP contribution in [0.5, 0.6) is 0 Å². The van der Waals surface area contributed by atoms with Gasteiger partial charge in [0.1, 0.15) is 0 Å². The van der Waals surface area contributed by atoms with Gasteiger partial charge in [0, 0.05) is 6.04 Å². The Morgan fingerprint density at radius 1 is 1.67 bits per heavy atom. The molecule has 3 N–H and O–H groups in total. The lowest BCUT2D eigenvalue weighted by atomic mass is 9.78. The van der Waals surface area contributed by atoms with Gasteiger partial charge in [-0.15, -0.1) is 0 Å². The monoisotopic (exact) mass is 213 g/mol. The number of nitrogens with one attached hydrogen (secondary N) is 1. The van der Waals surface area contributed by atoms with Crippen LogP contribution in [0.1, 0.15) is 32.6 Å². The van der Waals surface area contributed by atoms with E-state index in [2.05, 4.69) is 24.2 Å². The van der Waals surface area contributed by atoms with E-state index < -0.39 is 5.54 Å². The van der Waals surface area contributed by atoms with E-state index in [0.29, 0.717) is 6.04 Å². The average Bonchev–Trinajstić information content (AvgIpc) is 2.27. The normalized spacial score (nSPS) is 31.9. The number of rotatable bonds is 4. The molecule has 1 amide bonds. The Hall–Kier alpha value is -0.610. The standard InChI is InChI=1S/C11H23N3O/c1-4-14(3)9-6-5-7-11(8-9,13-2)10(12)15/h9,13H,4-8H2,1-3H3,(H2,12,15). The molecular weight excluding hydrogens is 190 g/mol. The highest BCUT2D eigenvalue weighted by Crippen LogP contribution is 2.30. The molecule has 88 valence electrons. The molecule has 4 heteroatoms. The number of carbonyl (C=O) groups is 1. The van der Waals surface area contributed by atoms with E-state index in [1.807, 2.05) is 7.05 Å². The number of hydrogen-bond donors (Lipinski definition) is 2. The lowest BCUT2D eigenvalue weighted by Crippen LogP contribution is -2.59. The molecule has 2 atom stereocenters.